The predicted molar refractivity (Wildman–Crippen MR) is 139 cm³/mol. The van der Waals surface area contributed by atoms with Crippen LogP contribution in [0, 0.1) is 0 Å². The molecule has 0 fully saturated rings. The van der Waals surface area contributed by atoms with E-state index in [1.807, 2.05) is 0 Å². The summed E-state index contributed by atoms with van der Waals surface area (Å²) in [7, 11) is 4.45. The second kappa shape index (κ2) is 10.4. The van der Waals surface area contributed by atoms with Crippen LogP contribution in [0.2, 0.25) is 0 Å². The van der Waals surface area contributed by atoms with Gasteiger partial charge < -0.3 is 28.8 Å². The number of hydrogen-bond acceptors (Lipinski definition) is 10. The molecule has 1 N–H and O–H groups in total. The zero-order chi connectivity index (χ0) is 26.8. The number of aromatic nitrogens is 2. The van der Waals surface area contributed by atoms with Crippen molar-refractivity contribution >= 4 is 40.1 Å². The fourth-order valence-electron chi connectivity index (χ4n) is 4.30. The Kier molecular flexibility index (Phi) is 6.84. The van der Waals surface area contributed by atoms with E-state index in [2.05, 4.69) is 8.75 Å². The van der Waals surface area contributed by atoms with E-state index in [0.29, 0.717) is 50.9 Å². The topological polar surface area (TPSA) is 126 Å². The van der Waals surface area contributed by atoms with Gasteiger partial charge in [-0.15, -0.1) is 0 Å². The number of methoxy groups -OCH3 is 3. The highest BCUT2D eigenvalue weighted by Crippen LogP contribution is 2.40. The number of rotatable bonds is 9. The monoisotopic (exact) mass is 534 g/mol. The van der Waals surface area contributed by atoms with Crippen LogP contribution in [-0.4, -0.2) is 53.7 Å². The maximum Gasteiger partial charge on any atom is 0.336 e. The number of fused-ring (bicyclic) bond motifs is 2. The fraction of sp³-hybridized carbons (Fsp3) is 0.185. The van der Waals surface area contributed by atoms with Gasteiger partial charge in [-0.05, 0) is 53.6 Å². The van der Waals surface area contributed by atoms with Gasteiger partial charge in [0.05, 0.1) is 38.6 Å². The molecule has 1 aliphatic rings. The molecular formula is C27H22N2O8S. The van der Waals surface area contributed by atoms with Crippen molar-refractivity contribution in [2.45, 2.75) is 6.42 Å². The molecule has 0 bridgehead atoms. The van der Waals surface area contributed by atoms with Gasteiger partial charge in [0.1, 0.15) is 11.0 Å². The van der Waals surface area contributed by atoms with E-state index in [-0.39, 0.29) is 29.9 Å². The molecule has 10 nitrogen and oxygen atoms in total. The smallest absolute Gasteiger partial charge is 0.336 e. The number of allylic oxidation sites excluding steroid dienone is 1. The molecule has 0 atom stereocenters. The molecule has 1 aromatic heterocycles. The number of carboxylic acids is 1. The summed E-state index contributed by atoms with van der Waals surface area (Å²) < 4.78 is 35.5. The molecular weight excluding hydrogens is 512 g/mol. The van der Waals surface area contributed by atoms with Gasteiger partial charge >= 0.3 is 5.97 Å². The van der Waals surface area contributed by atoms with Crippen LogP contribution in [0.25, 0.3) is 16.6 Å². The van der Waals surface area contributed by atoms with Crippen LogP contribution < -0.4 is 23.7 Å². The van der Waals surface area contributed by atoms with Crippen molar-refractivity contribution in [2.24, 2.45) is 0 Å². The molecule has 194 valence electrons. The third-order valence-electron chi connectivity index (χ3n) is 6.07. The van der Waals surface area contributed by atoms with Gasteiger partial charge in [-0.2, -0.15) is 8.75 Å². The summed E-state index contributed by atoms with van der Waals surface area (Å²) in [5.41, 5.74) is 2.23. The number of Topliss-reactive ketones (excluding diaryl/α,β-unsaturated/α-hetero) is 1. The summed E-state index contributed by atoms with van der Waals surface area (Å²) in [6.07, 6.45) is -0.0427. The highest BCUT2D eigenvalue weighted by molar-refractivity contribution is 7.00. The molecule has 0 saturated heterocycles. The summed E-state index contributed by atoms with van der Waals surface area (Å²) in [6.45, 7) is 0.0448. The number of nitrogens with zero attached hydrogens (tertiary/aromatic N) is 2. The number of ether oxygens (including phenoxy) is 5. The zero-order valence-corrected chi connectivity index (χ0v) is 21.5. The molecule has 2 heterocycles. The molecule has 11 heteroatoms. The van der Waals surface area contributed by atoms with E-state index in [9.17, 15) is 14.7 Å². The second-order valence-corrected chi connectivity index (χ2v) is 8.76. The fourth-order valence-corrected chi connectivity index (χ4v) is 4.82. The Morgan fingerprint density at radius 2 is 1.55 bits per heavy atom. The molecule has 0 aliphatic carbocycles. The number of ketones is 1. The van der Waals surface area contributed by atoms with Crippen molar-refractivity contribution < 1.29 is 38.4 Å². The van der Waals surface area contributed by atoms with Crippen LogP contribution in [0.4, 0.5) is 0 Å². The Labute approximate surface area is 221 Å². The Morgan fingerprint density at radius 1 is 0.868 bits per heavy atom. The van der Waals surface area contributed by atoms with Crippen molar-refractivity contribution in [2.75, 3.05) is 28.1 Å². The minimum Gasteiger partial charge on any atom is -0.493 e. The first-order valence-electron chi connectivity index (χ1n) is 11.4. The minimum atomic E-state index is -1.26. The average molecular weight is 535 g/mol. The van der Waals surface area contributed by atoms with Crippen molar-refractivity contribution in [3.8, 4) is 28.7 Å². The molecule has 0 spiro atoms. The van der Waals surface area contributed by atoms with Crippen molar-refractivity contribution in [3.05, 3.63) is 70.8 Å². The first-order chi connectivity index (χ1) is 18.4. The van der Waals surface area contributed by atoms with Crippen LogP contribution in [-0.2, 0) is 11.2 Å². The lowest BCUT2D eigenvalue weighted by atomic mass is 9.89. The SMILES string of the molecule is COc1cc(C/C(C(=O)c2ccc3c(c2)OCO3)=C(\C(=O)O)c2ccc3nsnc3c2)cc(OC)c1OC. The van der Waals surface area contributed by atoms with E-state index in [0.717, 1.165) is 11.7 Å². The Hall–Kier alpha value is -4.64. The lowest BCUT2D eigenvalue weighted by Gasteiger charge is -2.17. The Bertz CT molecular complexity index is 1570. The van der Waals surface area contributed by atoms with E-state index < -0.39 is 11.8 Å². The first-order valence-corrected chi connectivity index (χ1v) is 12.1. The third-order valence-corrected chi connectivity index (χ3v) is 6.63. The number of hydrogen-bond donors (Lipinski definition) is 1. The zero-order valence-electron chi connectivity index (χ0n) is 20.6. The largest absolute Gasteiger partial charge is 0.493 e. The Balaban J connectivity index is 1.70. The lowest BCUT2D eigenvalue weighted by Crippen LogP contribution is -2.14. The molecule has 1 aliphatic heterocycles. The summed E-state index contributed by atoms with van der Waals surface area (Å²) in [4.78, 5) is 26.7. The predicted octanol–water partition coefficient (Wildman–Crippen LogP) is 4.41. The third kappa shape index (κ3) is 4.59. The van der Waals surface area contributed by atoms with E-state index in [1.165, 1.54) is 21.3 Å². The average Bonchev–Trinajstić information content (AvgIpc) is 3.60. The maximum absolute atomic E-state index is 14.0. The van der Waals surface area contributed by atoms with Gasteiger partial charge in [-0.3, -0.25) is 4.79 Å². The van der Waals surface area contributed by atoms with E-state index in [1.54, 1.807) is 48.5 Å². The number of benzene rings is 3. The van der Waals surface area contributed by atoms with Crippen LogP contribution >= 0.6 is 11.7 Å². The Morgan fingerprint density at radius 3 is 2.24 bits per heavy atom. The standard InChI is InChI=1S/C27H22N2O8S/c1-33-22-9-14(10-23(34-2)26(22)35-3)8-17(25(30)16-5-7-20-21(12-16)37-13-36-20)24(27(31)32)15-4-6-18-19(11-15)29-38-28-18/h4-7,9-12H,8,13H2,1-3H3,(H,31,32)/b24-17+. The maximum atomic E-state index is 14.0. The van der Waals surface area contributed by atoms with Gasteiger partial charge in [-0.1, -0.05) is 6.07 Å². The number of carbonyl (C=O) groups is 2. The molecule has 38 heavy (non-hydrogen) atoms. The highest BCUT2D eigenvalue weighted by Gasteiger charge is 2.27. The summed E-state index contributed by atoms with van der Waals surface area (Å²) in [6, 6.07) is 13.0. The number of carboxylic acid groups (broad SMARTS) is 1. The molecule has 0 unspecified atom stereocenters. The van der Waals surface area contributed by atoms with Crippen LogP contribution in [0.5, 0.6) is 28.7 Å². The minimum absolute atomic E-state index is 0.0427. The van der Waals surface area contributed by atoms with Crippen LogP contribution in [0.15, 0.2) is 54.1 Å². The molecule has 0 amide bonds. The molecule has 3 aromatic carbocycles. The molecule has 0 radical (unpaired) electrons. The number of aliphatic carboxylic acids is 1. The van der Waals surface area contributed by atoms with Gasteiger partial charge in [-0.25, -0.2) is 4.79 Å². The van der Waals surface area contributed by atoms with Crippen LogP contribution in [0.3, 0.4) is 0 Å². The van der Waals surface area contributed by atoms with E-state index >= 15 is 0 Å². The van der Waals surface area contributed by atoms with Gasteiger partial charge in [0.2, 0.25) is 12.5 Å². The molecule has 5 rings (SSSR count). The lowest BCUT2D eigenvalue weighted by molar-refractivity contribution is -0.130. The quantitative estimate of drug-likeness (QED) is 0.244. The van der Waals surface area contributed by atoms with Crippen LogP contribution in [0.1, 0.15) is 21.5 Å². The normalized spacial score (nSPS) is 12.7. The second-order valence-electron chi connectivity index (χ2n) is 8.23. The van der Waals surface area contributed by atoms with Gasteiger partial charge in [0.15, 0.2) is 28.8 Å². The summed E-state index contributed by atoms with van der Waals surface area (Å²) in [5.74, 6) is 0.319. The molecule has 0 saturated carbocycles. The van der Waals surface area contributed by atoms with Gasteiger partial charge in [0.25, 0.3) is 0 Å². The van der Waals surface area contributed by atoms with Crippen molar-refractivity contribution in [1.82, 2.24) is 8.75 Å². The summed E-state index contributed by atoms with van der Waals surface area (Å²) in [5, 5.41) is 10.4. The highest BCUT2D eigenvalue weighted by atomic mass is 32.1. The summed E-state index contributed by atoms with van der Waals surface area (Å²) >= 11 is 1.02. The van der Waals surface area contributed by atoms with Crippen molar-refractivity contribution in [1.29, 1.82) is 0 Å². The van der Waals surface area contributed by atoms with Crippen molar-refractivity contribution in [3.63, 3.8) is 0 Å². The van der Waals surface area contributed by atoms with E-state index in [4.69, 9.17) is 23.7 Å². The van der Waals surface area contributed by atoms with Gasteiger partial charge in [0, 0.05) is 17.6 Å². The first kappa shape index (κ1) is 25.0. The number of carbonyl (C=O) groups excluding carboxylic acids is 1. The molecule has 4 aromatic rings.